The number of amides is 1. The van der Waals surface area contributed by atoms with Gasteiger partial charge in [-0.25, -0.2) is 0 Å². The fourth-order valence-electron chi connectivity index (χ4n) is 5.16. The second-order valence-electron chi connectivity index (χ2n) is 6.52. The molecule has 2 bridgehead atoms. The second kappa shape index (κ2) is 3.47. The first-order valence-corrected chi connectivity index (χ1v) is 7.22. The quantitative estimate of drug-likeness (QED) is 0.783. The molecule has 3 heteroatoms. The maximum atomic E-state index is 12.5. The molecule has 4 unspecified atom stereocenters. The number of aliphatic hydroxyl groups excluding tert-OH is 1. The smallest absolute Gasteiger partial charge is 0.226 e. The van der Waals surface area contributed by atoms with Gasteiger partial charge in [-0.1, -0.05) is 0 Å². The van der Waals surface area contributed by atoms with Gasteiger partial charge in [0, 0.05) is 12.5 Å². The Morgan fingerprint density at radius 3 is 2.53 bits per heavy atom. The van der Waals surface area contributed by atoms with Gasteiger partial charge in [0.05, 0.1) is 12.6 Å². The van der Waals surface area contributed by atoms with Crippen molar-refractivity contribution in [3.05, 3.63) is 0 Å². The van der Waals surface area contributed by atoms with Crippen LogP contribution >= 0.6 is 0 Å². The van der Waals surface area contributed by atoms with Crippen LogP contribution in [-0.4, -0.2) is 35.1 Å². The zero-order valence-corrected chi connectivity index (χ0v) is 10.2. The zero-order chi connectivity index (χ0) is 11.6. The van der Waals surface area contributed by atoms with Crippen LogP contribution in [0.2, 0.25) is 0 Å². The highest BCUT2D eigenvalue weighted by atomic mass is 16.3. The third-order valence-corrected chi connectivity index (χ3v) is 5.89. The lowest BCUT2D eigenvalue weighted by Gasteiger charge is -2.24. The Morgan fingerprint density at radius 2 is 1.88 bits per heavy atom. The largest absolute Gasteiger partial charge is 0.394 e. The minimum Gasteiger partial charge on any atom is -0.394 e. The summed E-state index contributed by atoms with van der Waals surface area (Å²) in [7, 11) is 0. The Kier molecular flexibility index (Phi) is 2.11. The summed E-state index contributed by atoms with van der Waals surface area (Å²) in [6, 6.07) is 0.126. The zero-order valence-electron chi connectivity index (χ0n) is 10.2. The Hall–Kier alpha value is -0.570. The molecule has 17 heavy (non-hydrogen) atoms. The number of rotatable bonds is 2. The lowest BCUT2D eigenvalue weighted by Crippen LogP contribution is -2.39. The number of hydrogen-bond donors (Lipinski definition) is 1. The van der Waals surface area contributed by atoms with Crippen LogP contribution in [-0.2, 0) is 4.79 Å². The summed E-state index contributed by atoms with van der Waals surface area (Å²) >= 11 is 0. The van der Waals surface area contributed by atoms with Gasteiger partial charge >= 0.3 is 0 Å². The number of aliphatic hydroxyl groups is 1. The van der Waals surface area contributed by atoms with Crippen molar-refractivity contribution in [1.29, 1.82) is 0 Å². The summed E-state index contributed by atoms with van der Waals surface area (Å²) in [5.41, 5.74) is 0. The summed E-state index contributed by atoms with van der Waals surface area (Å²) < 4.78 is 0. The summed E-state index contributed by atoms with van der Waals surface area (Å²) in [5, 5.41) is 9.31. The molecule has 1 aliphatic heterocycles. The topological polar surface area (TPSA) is 40.5 Å². The molecule has 3 nitrogen and oxygen atoms in total. The fraction of sp³-hybridized carbons (Fsp3) is 0.929. The molecule has 0 aromatic rings. The number of carbonyl (C=O) groups excluding carboxylic acids is 1. The van der Waals surface area contributed by atoms with Crippen LogP contribution < -0.4 is 0 Å². The molecule has 3 aliphatic carbocycles. The molecule has 4 rings (SSSR count). The van der Waals surface area contributed by atoms with E-state index < -0.39 is 0 Å². The van der Waals surface area contributed by atoms with Crippen molar-refractivity contribution in [2.24, 2.45) is 29.6 Å². The third kappa shape index (κ3) is 1.29. The van der Waals surface area contributed by atoms with Crippen LogP contribution in [0.5, 0.6) is 0 Å². The van der Waals surface area contributed by atoms with Crippen molar-refractivity contribution < 1.29 is 9.90 Å². The third-order valence-electron chi connectivity index (χ3n) is 5.89. The summed E-state index contributed by atoms with van der Waals surface area (Å²) in [4.78, 5) is 14.5. The monoisotopic (exact) mass is 235 g/mol. The number of carbonyl (C=O) groups is 1. The van der Waals surface area contributed by atoms with Gasteiger partial charge < -0.3 is 10.0 Å². The maximum Gasteiger partial charge on any atom is 0.226 e. The standard InChI is InChI=1S/C14H21NO2/c16-7-10-2-1-5-15(10)14(17)13-11-8-3-4-9(6-8)12(11)13/h8-13,16H,1-7H2/t8?,9?,10-,11?,12?,13?/m0/s1. The van der Waals surface area contributed by atoms with Crippen molar-refractivity contribution in [3.63, 3.8) is 0 Å². The number of hydrogen-bond acceptors (Lipinski definition) is 2. The molecule has 94 valence electrons. The molecule has 0 radical (unpaired) electrons. The van der Waals surface area contributed by atoms with E-state index in [0.717, 1.165) is 43.1 Å². The number of likely N-dealkylation sites (tertiary alicyclic amines) is 1. The lowest BCUT2D eigenvalue weighted by molar-refractivity contribution is -0.135. The molecule has 1 heterocycles. The molecule has 1 amide bonds. The molecule has 1 saturated heterocycles. The average molecular weight is 235 g/mol. The SMILES string of the molecule is O=C(C1C2C3CCC(C3)C12)N1CCC[C@H]1CO. The highest BCUT2D eigenvalue weighted by Gasteiger charge is 2.68. The van der Waals surface area contributed by atoms with Gasteiger partial charge in [0.1, 0.15) is 0 Å². The van der Waals surface area contributed by atoms with E-state index in [1.165, 1.54) is 19.3 Å². The molecule has 4 aliphatic rings. The first-order chi connectivity index (χ1) is 8.31. The van der Waals surface area contributed by atoms with Gasteiger partial charge in [-0.05, 0) is 55.8 Å². The van der Waals surface area contributed by atoms with Gasteiger partial charge in [-0.15, -0.1) is 0 Å². The highest BCUT2D eigenvalue weighted by molar-refractivity contribution is 5.83. The van der Waals surface area contributed by atoms with Gasteiger partial charge in [0.2, 0.25) is 5.91 Å². The van der Waals surface area contributed by atoms with Gasteiger partial charge in [-0.3, -0.25) is 4.79 Å². The van der Waals surface area contributed by atoms with E-state index in [9.17, 15) is 9.90 Å². The Morgan fingerprint density at radius 1 is 1.18 bits per heavy atom. The predicted octanol–water partition coefficient (Wildman–Crippen LogP) is 1.26. The molecule has 0 aromatic carbocycles. The molecular formula is C14H21NO2. The van der Waals surface area contributed by atoms with Crippen LogP contribution in [0.3, 0.4) is 0 Å². The average Bonchev–Trinajstić information content (AvgIpc) is 2.78. The summed E-state index contributed by atoms with van der Waals surface area (Å²) in [5.74, 6) is 3.95. The van der Waals surface area contributed by atoms with E-state index in [1.54, 1.807) is 0 Å². The fourth-order valence-corrected chi connectivity index (χ4v) is 5.16. The maximum absolute atomic E-state index is 12.5. The summed E-state index contributed by atoms with van der Waals surface area (Å²) in [6.07, 6.45) is 6.23. The Bertz CT molecular complexity index is 340. The van der Waals surface area contributed by atoms with Gasteiger partial charge in [0.15, 0.2) is 0 Å². The molecule has 1 N–H and O–H groups in total. The molecular weight excluding hydrogens is 214 g/mol. The van der Waals surface area contributed by atoms with E-state index >= 15 is 0 Å². The van der Waals surface area contributed by atoms with E-state index in [2.05, 4.69) is 0 Å². The Labute approximate surface area is 102 Å². The van der Waals surface area contributed by atoms with Crippen LogP contribution in [0.4, 0.5) is 0 Å². The van der Waals surface area contributed by atoms with E-state index in [0.29, 0.717) is 11.8 Å². The lowest BCUT2D eigenvalue weighted by atomic mass is 10.0. The molecule has 0 aromatic heterocycles. The predicted molar refractivity (Wildman–Crippen MR) is 63.1 cm³/mol. The van der Waals surface area contributed by atoms with Crippen molar-refractivity contribution in [1.82, 2.24) is 4.90 Å². The van der Waals surface area contributed by atoms with Crippen LogP contribution in [0.15, 0.2) is 0 Å². The van der Waals surface area contributed by atoms with Crippen LogP contribution in [0.25, 0.3) is 0 Å². The van der Waals surface area contributed by atoms with Crippen LogP contribution in [0, 0.1) is 29.6 Å². The van der Waals surface area contributed by atoms with Gasteiger partial charge in [0.25, 0.3) is 0 Å². The highest BCUT2D eigenvalue weighted by Crippen LogP contribution is 2.69. The van der Waals surface area contributed by atoms with Crippen molar-refractivity contribution in [3.8, 4) is 0 Å². The minimum atomic E-state index is 0.126. The molecule has 3 saturated carbocycles. The van der Waals surface area contributed by atoms with E-state index in [-0.39, 0.29) is 12.6 Å². The van der Waals surface area contributed by atoms with E-state index in [4.69, 9.17) is 0 Å². The van der Waals surface area contributed by atoms with Crippen molar-refractivity contribution in [2.45, 2.75) is 38.1 Å². The molecule has 4 fully saturated rings. The van der Waals surface area contributed by atoms with Crippen molar-refractivity contribution >= 4 is 5.91 Å². The normalized spacial score (nSPS) is 50.8. The second-order valence-corrected chi connectivity index (χ2v) is 6.52. The number of fused-ring (bicyclic) bond motifs is 5. The Balaban J connectivity index is 1.49. The first kappa shape index (κ1) is 10.4. The van der Waals surface area contributed by atoms with Crippen LogP contribution in [0.1, 0.15) is 32.1 Å². The molecule has 0 spiro atoms. The first-order valence-electron chi connectivity index (χ1n) is 7.22. The van der Waals surface area contributed by atoms with E-state index in [1.807, 2.05) is 4.90 Å². The van der Waals surface area contributed by atoms with Gasteiger partial charge in [-0.2, -0.15) is 0 Å². The molecule has 5 atom stereocenters. The summed E-state index contributed by atoms with van der Waals surface area (Å²) in [6.45, 7) is 1.04. The minimum absolute atomic E-state index is 0.126. The van der Waals surface area contributed by atoms with Crippen molar-refractivity contribution in [2.75, 3.05) is 13.2 Å². The number of nitrogens with zero attached hydrogens (tertiary/aromatic N) is 1.